The fourth-order valence-corrected chi connectivity index (χ4v) is 4.18. The van der Waals surface area contributed by atoms with Gasteiger partial charge in [0.2, 0.25) is 0 Å². The van der Waals surface area contributed by atoms with Gasteiger partial charge in [0, 0.05) is 30.5 Å². The lowest BCUT2D eigenvalue weighted by molar-refractivity contribution is -0.188. The first kappa shape index (κ1) is 21.5. The molecule has 0 spiro atoms. The highest BCUT2D eigenvalue weighted by molar-refractivity contribution is 14.0. The van der Waals surface area contributed by atoms with Crippen LogP contribution in [0.4, 0.5) is 0 Å². The maximum absolute atomic E-state index is 10.6. The minimum atomic E-state index is -1.13. The first-order valence-electron chi connectivity index (χ1n) is 9.29. The predicted molar refractivity (Wildman–Crippen MR) is 113 cm³/mol. The minimum absolute atomic E-state index is 0. The average molecular weight is 477 g/mol. The van der Waals surface area contributed by atoms with Gasteiger partial charge in [-0.1, -0.05) is 13.8 Å². The summed E-state index contributed by atoms with van der Waals surface area (Å²) in [6.07, 6.45) is 4.20. The fourth-order valence-electron chi connectivity index (χ4n) is 4.18. The molecule has 148 valence electrons. The highest BCUT2D eigenvalue weighted by Gasteiger charge is 2.58. The lowest BCUT2D eigenvalue weighted by atomic mass is 9.55. The summed E-state index contributed by atoms with van der Waals surface area (Å²) in [5, 5.41) is 17.5. The Bertz CT molecular complexity index is 601. The van der Waals surface area contributed by atoms with Crippen molar-refractivity contribution in [3.63, 3.8) is 0 Å². The van der Waals surface area contributed by atoms with Gasteiger partial charge >= 0.3 is 0 Å². The topological polar surface area (TPSA) is 79.0 Å². The molecule has 2 aliphatic rings. The summed E-state index contributed by atoms with van der Waals surface area (Å²) in [5.41, 5.74) is -1.05. The Kier molecular flexibility index (Phi) is 7.01. The molecule has 7 heteroatoms. The molecule has 1 saturated carbocycles. The van der Waals surface area contributed by atoms with E-state index in [1.165, 1.54) is 6.42 Å². The number of nitrogens with one attached hydrogen (secondary N) is 2. The molecule has 3 N–H and O–H groups in total. The van der Waals surface area contributed by atoms with Crippen LogP contribution in [0.15, 0.2) is 27.8 Å². The van der Waals surface area contributed by atoms with Crippen molar-refractivity contribution < 1.29 is 14.3 Å². The van der Waals surface area contributed by atoms with Gasteiger partial charge in [0.15, 0.2) is 5.96 Å². The first-order chi connectivity index (χ1) is 11.9. The molecule has 3 rings (SSSR count). The molecule has 0 radical (unpaired) electrons. The van der Waals surface area contributed by atoms with E-state index in [2.05, 4.69) is 29.5 Å². The molecular formula is C19H32IN3O3. The van der Waals surface area contributed by atoms with Gasteiger partial charge in [-0.2, -0.15) is 0 Å². The average Bonchev–Trinajstić information content (AvgIpc) is 3.13. The summed E-state index contributed by atoms with van der Waals surface area (Å²) < 4.78 is 11.3. The van der Waals surface area contributed by atoms with E-state index < -0.39 is 5.60 Å². The van der Waals surface area contributed by atoms with Gasteiger partial charge in [0.1, 0.15) is 11.4 Å². The molecule has 4 unspecified atom stereocenters. The second kappa shape index (κ2) is 8.48. The van der Waals surface area contributed by atoms with Crippen molar-refractivity contribution in [2.75, 3.05) is 19.7 Å². The normalized spacial score (nSPS) is 29.6. The summed E-state index contributed by atoms with van der Waals surface area (Å²) in [7, 11) is 0. The summed E-state index contributed by atoms with van der Waals surface area (Å²) in [6, 6.07) is 3.87. The van der Waals surface area contributed by atoms with Crippen LogP contribution in [0.25, 0.3) is 0 Å². The Morgan fingerprint density at radius 2 is 2.23 bits per heavy atom. The predicted octanol–water partition coefficient (Wildman–Crippen LogP) is 2.86. The highest BCUT2D eigenvalue weighted by atomic mass is 127. The lowest BCUT2D eigenvalue weighted by Gasteiger charge is -2.60. The molecule has 2 fully saturated rings. The zero-order chi connectivity index (χ0) is 18.1. The van der Waals surface area contributed by atoms with E-state index in [1.807, 2.05) is 6.92 Å². The molecule has 6 nitrogen and oxygen atoms in total. The summed E-state index contributed by atoms with van der Waals surface area (Å²) in [5.74, 6) is 1.78. The minimum Gasteiger partial charge on any atom is -0.466 e. The number of hydrogen-bond donors (Lipinski definition) is 3. The SMILES string of the molecule is CCNC(=NCC(C)(O)c1ccco1)NC1C2CCCOC2C1(C)C.I. The van der Waals surface area contributed by atoms with Crippen molar-refractivity contribution in [3.8, 4) is 0 Å². The van der Waals surface area contributed by atoms with Gasteiger partial charge in [-0.05, 0) is 38.8 Å². The number of halogens is 1. The van der Waals surface area contributed by atoms with Gasteiger partial charge in [0.25, 0.3) is 0 Å². The lowest BCUT2D eigenvalue weighted by Crippen LogP contribution is -2.71. The van der Waals surface area contributed by atoms with E-state index in [0.29, 0.717) is 23.8 Å². The number of hydrogen-bond acceptors (Lipinski definition) is 4. The van der Waals surface area contributed by atoms with E-state index in [0.717, 1.165) is 25.5 Å². The van der Waals surface area contributed by atoms with Gasteiger partial charge in [0.05, 0.1) is 18.9 Å². The van der Waals surface area contributed by atoms with Gasteiger partial charge in [-0.15, -0.1) is 24.0 Å². The molecular weight excluding hydrogens is 445 g/mol. The quantitative estimate of drug-likeness (QED) is 0.346. The van der Waals surface area contributed by atoms with Crippen molar-refractivity contribution in [3.05, 3.63) is 24.2 Å². The third kappa shape index (κ3) is 4.20. The van der Waals surface area contributed by atoms with Crippen molar-refractivity contribution in [2.24, 2.45) is 16.3 Å². The van der Waals surface area contributed by atoms with E-state index in [-0.39, 0.29) is 35.9 Å². The maximum atomic E-state index is 10.6. The molecule has 1 aromatic rings. The number of guanidine groups is 1. The first-order valence-corrected chi connectivity index (χ1v) is 9.29. The molecule has 0 amide bonds. The number of fused-ring (bicyclic) bond motifs is 1. The standard InChI is InChI=1S/C19H31N3O3.HI/c1-5-20-17(21-12-19(4,23)14-9-7-10-24-14)22-15-13-8-6-11-25-16(13)18(15,2)3;/h7,9-10,13,15-16,23H,5-6,8,11-12H2,1-4H3,(H2,20,21,22);1H. The van der Waals surface area contributed by atoms with Crippen LogP contribution >= 0.6 is 24.0 Å². The molecule has 1 aliphatic carbocycles. The van der Waals surface area contributed by atoms with E-state index in [1.54, 1.807) is 25.3 Å². The molecule has 1 aromatic heterocycles. The highest BCUT2D eigenvalue weighted by Crippen LogP contribution is 2.51. The van der Waals surface area contributed by atoms with Crippen molar-refractivity contribution in [2.45, 2.75) is 58.3 Å². The second-order valence-electron chi connectivity index (χ2n) is 7.99. The van der Waals surface area contributed by atoms with Gasteiger partial charge < -0.3 is 24.9 Å². The monoisotopic (exact) mass is 477 g/mol. The Hall–Kier alpha value is -0.800. The van der Waals surface area contributed by atoms with Crippen LogP contribution in [0, 0.1) is 11.3 Å². The number of nitrogens with zero attached hydrogens (tertiary/aromatic N) is 1. The summed E-state index contributed by atoms with van der Waals surface area (Å²) >= 11 is 0. The van der Waals surface area contributed by atoms with E-state index in [9.17, 15) is 5.11 Å². The molecule has 1 aliphatic heterocycles. The maximum Gasteiger partial charge on any atom is 0.191 e. The van der Waals surface area contributed by atoms with Gasteiger partial charge in [-0.25, -0.2) is 4.99 Å². The number of furan rings is 1. The van der Waals surface area contributed by atoms with Gasteiger partial charge in [-0.3, -0.25) is 0 Å². The fraction of sp³-hybridized carbons (Fsp3) is 0.737. The van der Waals surface area contributed by atoms with Crippen LogP contribution in [0.3, 0.4) is 0 Å². The molecule has 1 saturated heterocycles. The van der Waals surface area contributed by atoms with Crippen LogP contribution in [-0.2, 0) is 10.3 Å². The largest absolute Gasteiger partial charge is 0.466 e. The van der Waals surface area contributed by atoms with Crippen molar-refractivity contribution in [1.82, 2.24) is 10.6 Å². The summed E-state index contributed by atoms with van der Waals surface area (Å²) in [4.78, 5) is 4.61. The van der Waals surface area contributed by atoms with Crippen molar-refractivity contribution in [1.29, 1.82) is 0 Å². The Labute approximate surface area is 173 Å². The van der Waals surface area contributed by atoms with E-state index >= 15 is 0 Å². The van der Waals surface area contributed by atoms with Crippen LogP contribution in [0.1, 0.15) is 46.3 Å². The number of rotatable bonds is 5. The third-order valence-corrected chi connectivity index (χ3v) is 5.56. The van der Waals surface area contributed by atoms with Crippen molar-refractivity contribution >= 4 is 29.9 Å². The molecule has 0 bridgehead atoms. The summed E-state index contributed by atoms with van der Waals surface area (Å²) in [6.45, 7) is 10.1. The number of aliphatic hydroxyl groups is 1. The number of ether oxygens (including phenoxy) is 1. The molecule has 0 aromatic carbocycles. The third-order valence-electron chi connectivity index (χ3n) is 5.56. The van der Waals surface area contributed by atoms with Crippen LogP contribution in [-0.4, -0.2) is 42.9 Å². The van der Waals surface area contributed by atoms with E-state index in [4.69, 9.17) is 9.15 Å². The van der Waals surface area contributed by atoms with Crippen LogP contribution in [0.2, 0.25) is 0 Å². The molecule has 4 atom stereocenters. The number of aliphatic imine (C=N–C) groups is 1. The Morgan fingerprint density at radius 3 is 2.88 bits per heavy atom. The molecule has 2 heterocycles. The zero-order valence-corrected chi connectivity index (χ0v) is 18.4. The zero-order valence-electron chi connectivity index (χ0n) is 16.1. The van der Waals surface area contributed by atoms with Crippen LogP contribution in [0.5, 0.6) is 0 Å². The van der Waals surface area contributed by atoms with Crippen LogP contribution < -0.4 is 10.6 Å². The second-order valence-corrected chi connectivity index (χ2v) is 7.99. The Morgan fingerprint density at radius 1 is 1.46 bits per heavy atom. The smallest absolute Gasteiger partial charge is 0.191 e. The Balaban J connectivity index is 0.00000243. The molecule has 26 heavy (non-hydrogen) atoms.